The fraction of sp³-hybridized carbons (Fsp3) is 0.333. The van der Waals surface area contributed by atoms with Crippen LogP contribution in [-0.2, 0) is 9.59 Å². The molecule has 0 radical (unpaired) electrons. The van der Waals surface area contributed by atoms with E-state index in [4.69, 9.17) is 26.2 Å². The third-order valence-corrected chi connectivity index (χ3v) is 4.00. The molecule has 8 heteroatoms. The molecule has 1 atom stereocenters. The van der Waals surface area contributed by atoms with E-state index >= 15 is 0 Å². The van der Waals surface area contributed by atoms with Gasteiger partial charge in [-0.25, -0.2) is 0 Å². The number of aliphatic carboxylic acids is 1. The fourth-order valence-corrected chi connectivity index (χ4v) is 2.79. The van der Waals surface area contributed by atoms with Crippen LogP contribution in [0.1, 0.15) is 12.0 Å². The molecule has 2 aliphatic heterocycles. The molecule has 23 heavy (non-hydrogen) atoms. The van der Waals surface area contributed by atoms with Gasteiger partial charge in [0.15, 0.2) is 11.5 Å². The highest BCUT2D eigenvalue weighted by Crippen LogP contribution is 2.40. The molecule has 124 valence electrons. The lowest BCUT2D eigenvalue weighted by Crippen LogP contribution is -2.28. The first-order valence-corrected chi connectivity index (χ1v) is 7.21. The fourth-order valence-electron chi connectivity index (χ4n) is 2.52. The third kappa shape index (κ3) is 3.71. The average molecular weight is 360 g/mol. The van der Waals surface area contributed by atoms with E-state index in [1.807, 2.05) is 0 Å². The van der Waals surface area contributed by atoms with E-state index in [0.717, 1.165) is 5.56 Å². The Kier molecular flexibility index (Phi) is 5.38. The third-order valence-electron chi connectivity index (χ3n) is 3.72. The van der Waals surface area contributed by atoms with Crippen molar-refractivity contribution in [2.24, 2.45) is 5.92 Å². The monoisotopic (exact) mass is 359 g/mol. The van der Waals surface area contributed by atoms with Gasteiger partial charge in [-0.2, -0.15) is 0 Å². The van der Waals surface area contributed by atoms with Crippen molar-refractivity contribution in [3.8, 4) is 11.5 Å². The van der Waals surface area contributed by atoms with Gasteiger partial charge in [0.25, 0.3) is 0 Å². The van der Waals surface area contributed by atoms with E-state index in [1.54, 1.807) is 18.2 Å². The molecule has 6 nitrogen and oxygen atoms in total. The molecule has 0 aliphatic carbocycles. The molecule has 3 rings (SSSR count). The zero-order valence-electron chi connectivity index (χ0n) is 12.0. The number of amides is 1. The Labute approximate surface area is 144 Å². The SMILES string of the molecule is Cl.O=C(O)C1CCN(C(=O)/C=C/c2cc(Cl)c3c(c2)OCO3)C1. The van der Waals surface area contributed by atoms with Crippen LogP contribution in [0.3, 0.4) is 0 Å². The van der Waals surface area contributed by atoms with Crippen LogP contribution in [0.4, 0.5) is 0 Å². The summed E-state index contributed by atoms with van der Waals surface area (Å²) in [7, 11) is 0. The minimum atomic E-state index is -0.859. The molecule has 2 aliphatic rings. The predicted octanol–water partition coefficient (Wildman–Crippen LogP) is 2.44. The van der Waals surface area contributed by atoms with Gasteiger partial charge in [-0.15, -0.1) is 12.4 Å². The zero-order chi connectivity index (χ0) is 15.7. The molecule has 1 N–H and O–H groups in total. The van der Waals surface area contributed by atoms with Crippen LogP contribution in [0.5, 0.6) is 11.5 Å². The van der Waals surface area contributed by atoms with Crippen molar-refractivity contribution in [2.75, 3.05) is 19.9 Å². The Balaban J connectivity index is 0.00000192. The summed E-state index contributed by atoms with van der Waals surface area (Å²) in [6.45, 7) is 0.841. The van der Waals surface area contributed by atoms with E-state index in [2.05, 4.69) is 0 Å². The number of hydrogen-bond acceptors (Lipinski definition) is 4. The average Bonchev–Trinajstić information content (AvgIpc) is 3.13. The lowest BCUT2D eigenvalue weighted by Gasteiger charge is -2.12. The molecule has 0 aromatic heterocycles. The van der Waals surface area contributed by atoms with E-state index in [9.17, 15) is 9.59 Å². The lowest BCUT2D eigenvalue weighted by atomic mass is 10.1. The Morgan fingerprint density at radius 2 is 2.13 bits per heavy atom. The topological polar surface area (TPSA) is 76.1 Å². The summed E-state index contributed by atoms with van der Waals surface area (Å²) in [6.07, 6.45) is 3.53. The van der Waals surface area contributed by atoms with Crippen molar-refractivity contribution in [1.82, 2.24) is 4.90 Å². The van der Waals surface area contributed by atoms with Crippen LogP contribution in [-0.4, -0.2) is 41.8 Å². The number of benzene rings is 1. The number of ether oxygens (including phenoxy) is 2. The summed E-state index contributed by atoms with van der Waals surface area (Å²) in [5.74, 6) is -0.489. The van der Waals surface area contributed by atoms with Gasteiger partial charge in [0.2, 0.25) is 12.7 Å². The van der Waals surface area contributed by atoms with Crippen LogP contribution in [0.25, 0.3) is 6.08 Å². The molecule has 1 aromatic carbocycles. The van der Waals surface area contributed by atoms with Gasteiger partial charge >= 0.3 is 5.97 Å². The first-order valence-electron chi connectivity index (χ1n) is 6.83. The summed E-state index contributed by atoms with van der Waals surface area (Å²) < 4.78 is 10.5. The van der Waals surface area contributed by atoms with Gasteiger partial charge in [0, 0.05) is 19.2 Å². The number of nitrogens with zero attached hydrogens (tertiary/aromatic N) is 1. The highest BCUT2D eigenvalue weighted by atomic mass is 35.5. The minimum absolute atomic E-state index is 0. The maximum atomic E-state index is 12.1. The standard InChI is InChI=1S/C15H14ClNO5.ClH/c16-11-5-9(6-12-14(11)22-8-21-12)1-2-13(18)17-4-3-10(7-17)15(19)20;/h1-2,5-6,10H,3-4,7-8H2,(H,19,20);1H/b2-1+;. The van der Waals surface area contributed by atoms with Gasteiger partial charge in [-0.3, -0.25) is 9.59 Å². The van der Waals surface area contributed by atoms with Crippen LogP contribution in [0, 0.1) is 5.92 Å². The molecule has 0 spiro atoms. The summed E-state index contributed by atoms with van der Waals surface area (Å²) in [6, 6.07) is 3.42. The Hall–Kier alpha value is -1.92. The molecular weight excluding hydrogens is 345 g/mol. The molecule has 0 saturated carbocycles. The van der Waals surface area contributed by atoms with Crippen LogP contribution < -0.4 is 9.47 Å². The van der Waals surface area contributed by atoms with Gasteiger partial charge in [-0.05, 0) is 30.2 Å². The first kappa shape index (κ1) is 17.4. The normalized spacial score (nSPS) is 19.0. The van der Waals surface area contributed by atoms with Crippen molar-refractivity contribution < 1.29 is 24.2 Å². The number of likely N-dealkylation sites (tertiary alicyclic amines) is 1. The minimum Gasteiger partial charge on any atom is -0.481 e. The van der Waals surface area contributed by atoms with Crippen molar-refractivity contribution in [3.05, 3.63) is 28.8 Å². The van der Waals surface area contributed by atoms with Crippen LogP contribution in [0.15, 0.2) is 18.2 Å². The van der Waals surface area contributed by atoms with Crippen molar-refractivity contribution in [2.45, 2.75) is 6.42 Å². The molecule has 1 saturated heterocycles. The van der Waals surface area contributed by atoms with Gasteiger partial charge in [0.05, 0.1) is 10.9 Å². The summed E-state index contributed by atoms with van der Waals surface area (Å²) in [5.41, 5.74) is 0.719. The van der Waals surface area contributed by atoms with Gasteiger partial charge in [0.1, 0.15) is 0 Å². The van der Waals surface area contributed by atoms with Crippen molar-refractivity contribution >= 4 is 42.0 Å². The number of halogens is 2. The molecule has 1 amide bonds. The largest absolute Gasteiger partial charge is 0.481 e. The first-order chi connectivity index (χ1) is 10.5. The van der Waals surface area contributed by atoms with E-state index in [1.165, 1.54) is 11.0 Å². The molecule has 2 heterocycles. The molecule has 0 bridgehead atoms. The number of fused-ring (bicyclic) bond motifs is 1. The Morgan fingerprint density at radius 3 is 2.83 bits per heavy atom. The van der Waals surface area contributed by atoms with Gasteiger partial charge < -0.3 is 19.5 Å². The van der Waals surface area contributed by atoms with Crippen molar-refractivity contribution in [1.29, 1.82) is 0 Å². The summed E-state index contributed by atoms with van der Waals surface area (Å²) in [5, 5.41) is 9.37. The number of rotatable bonds is 3. The zero-order valence-corrected chi connectivity index (χ0v) is 13.6. The number of carbonyl (C=O) groups is 2. The number of carbonyl (C=O) groups excluding carboxylic acids is 1. The van der Waals surface area contributed by atoms with Gasteiger partial charge in [-0.1, -0.05) is 11.6 Å². The maximum absolute atomic E-state index is 12.1. The van der Waals surface area contributed by atoms with E-state index in [-0.39, 0.29) is 31.7 Å². The Morgan fingerprint density at radius 1 is 1.35 bits per heavy atom. The van der Waals surface area contributed by atoms with Crippen LogP contribution in [0.2, 0.25) is 5.02 Å². The smallest absolute Gasteiger partial charge is 0.308 e. The quantitative estimate of drug-likeness (QED) is 0.838. The molecule has 1 aromatic rings. The highest BCUT2D eigenvalue weighted by Gasteiger charge is 2.29. The second-order valence-electron chi connectivity index (χ2n) is 5.18. The maximum Gasteiger partial charge on any atom is 0.308 e. The summed E-state index contributed by atoms with van der Waals surface area (Å²) >= 11 is 6.07. The predicted molar refractivity (Wildman–Crippen MR) is 86.2 cm³/mol. The second kappa shape index (κ2) is 7.10. The van der Waals surface area contributed by atoms with Crippen molar-refractivity contribution in [3.63, 3.8) is 0 Å². The van der Waals surface area contributed by atoms with Crippen LogP contribution >= 0.6 is 24.0 Å². The summed E-state index contributed by atoms with van der Waals surface area (Å²) in [4.78, 5) is 24.5. The second-order valence-corrected chi connectivity index (χ2v) is 5.59. The van der Waals surface area contributed by atoms with E-state index < -0.39 is 11.9 Å². The number of carboxylic acid groups (broad SMARTS) is 1. The number of carboxylic acids is 1. The lowest BCUT2D eigenvalue weighted by molar-refractivity contribution is -0.141. The van der Waals surface area contributed by atoms with E-state index in [0.29, 0.717) is 29.5 Å². The Bertz CT molecular complexity index is 662. The number of hydrogen-bond donors (Lipinski definition) is 1. The highest BCUT2D eigenvalue weighted by molar-refractivity contribution is 6.32. The molecular formula is C15H15Cl2NO5. The molecule has 1 fully saturated rings. The molecule has 1 unspecified atom stereocenters.